The molecular weight excluding hydrogens is 260 g/mol. The summed E-state index contributed by atoms with van der Waals surface area (Å²) in [6.07, 6.45) is 1.80. The second-order valence-electron chi connectivity index (χ2n) is 5.22. The van der Waals surface area contributed by atoms with E-state index in [4.69, 9.17) is 5.73 Å². The fraction of sp³-hybridized carbons (Fsp3) is 0.571. The highest BCUT2D eigenvalue weighted by molar-refractivity contribution is 7.89. The number of hydrogen-bond donors (Lipinski definition) is 1. The number of aryl methyl sites for hydroxylation is 1. The second kappa shape index (κ2) is 7.03. The third-order valence-corrected chi connectivity index (χ3v) is 4.76. The van der Waals surface area contributed by atoms with Crippen molar-refractivity contribution in [3.8, 4) is 0 Å². The summed E-state index contributed by atoms with van der Waals surface area (Å²) < 4.78 is 26.0. The van der Waals surface area contributed by atoms with Gasteiger partial charge in [-0.15, -0.1) is 0 Å². The second-order valence-corrected chi connectivity index (χ2v) is 7.26. The highest BCUT2D eigenvalue weighted by atomic mass is 32.2. The molecule has 0 spiro atoms. The van der Waals surface area contributed by atoms with Crippen molar-refractivity contribution in [3.05, 3.63) is 29.8 Å². The lowest BCUT2D eigenvalue weighted by Gasteiger charge is -2.19. The number of rotatable bonds is 7. The van der Waals surface area contributed by atoms with Crippen LogP contribution in [0.5, 0.6) is 0 Å². The monoisotopic (exact) mass is 284 g/mol. The molecule has 0 saturated heterocycles. The lowest BCUT2D eigenvalue weighted by molar-refractivity contribution is 0.417. The molecule has 0 radical (unpaired) electrons. The summed E-state index contributed by atoms with van der Waals surface area (Å²) in [5.41, 5.74) is 6.58. The summed E-state index contributed by atoms with van der Waals surface area (Å²) in [7, 11) is -1.74. The van der Waals surface area contributed by atoms with Gasteiger partial charge >= 0.3 is 0 Å². The van der Waals surface area contributed by atoms with Gasteiger partial charge in [0, 0.05) is 13.6 Å². The van der Waals surface area contributed by atoms with Crippen molar-refractivity contribution >= 4 is 10.0 Å². The third-order valence-electron chi connectivity index (χ3n) is 2.92. The Hall–Kier alpha value is -0.910. The van der Waals surface area contributed by atoms with E-state index in [0.717, 1.165) is 18.4 Å². The molecule has 1 aromatic carbocycles. The number of benzene rings is 1. The van der Waals surface area contributed by atoms with Crippen molar-refractivity contribution in [2.24, 2.45) is 11.7 Å². The van der Waals surface area contributed by atoms with Gasteiger partial charge in [-0.3, -0.25) is 0 Å². The van der Waals surface area contributed by atoms with Gasteiger partial charge in [0.25, 0.3) is 0 Å². The molecule has 1 rings (SSSR count). The normalized spacial score (nSPS) is 12.3. The molecule has 0 bridgehead atoms. The van der Waals surface area contributed by atoms with Crippen LogP contribution in [0.15, 0.2) is 29.2 Å². The molecule has 2 N–H and O–H groups in total. The minimum atomic E-state index is -3.36. The Labute approximate surface area is 116 Å². The lowest BCUT2D eigenvalue weighted by Crippen LogP contribution is -2.30. The molecule has 4 nitrogen and oxygen atoms in total. The molecule has 0 fully saturated rings. The largest absolute Gasteiger partial charge is 0.330 e. The van der Waals surface area contributed by atoms with Crippen LogP contribution in [0.25, 0.3) is 0 Å². The molecule has 0 saturated carbocycles. The van der Waals surface area contributed by atoms with E-state index >= 15 is 0 Å². The van der Waals surface area contributed by atoms with Crippen LogP contribution in [-0.4, -0.2) is 32.9 Å². The predicted octanol–water partition coefficient (Wildman–Crippen LogP) is 1.85. The third kappa shape index (κ3) is 4.60. The van der Waals surface area contributed by atoms with Crippen LogP contribution in [0.2, 0.25) is 0 Å². The Morgan fingerprint density at radius 1 is 1.21 bits per heavy atom. The highest BCUT2D eigenvalue weighted by Gasteiger charge is 2.20. The summed E-state index contributed by atoms with van der Waals surface area (Å²) >= 11 is 0. The van der Waals surface area contributed by atoms with Crippen molar-refractivity contribution in [1.82, 2.24) is 4.31 Å². The van der Waals surface area contributed by atoms with Gasteiger partial charge in [0.05, 0.1) is 4.90 Å². The van der Waals surface area contributed by atoms with Crippen molar-refractivity contribution < 1.29 is 8.42 Å². The van der Waals surface area contributed by atoms with Gasteiger partial charge in [-0.1, -0.05) is 26.0 Å². The topological polar surface area (TPSA) is 63.4 Å². The van der Waals surface area contributed by atoms with E-state index in [1.54, 1.807) is 19.2 Å². The average molecular weight is 284 g/mol. The van der Waals surface area contributed by atoms with Gasteiger partial charge in [-0.25, -0.2) is 12.7 Å². The van der Waals surface area contributed by atoms with Crippen LogP contribution in [0.4, 0.5) is 0 Å². The molecule has 108 valence electrons. The number of hydrogen-bond acceptors (Lipinski definition) is 3. The maximum absolute atomic E-state index is 12.3. The molecule has 19 heavy (non-hydrogen) atoms. The first-order valence-electron chi connectivity index (χ1n) is 6.63. The minimum Gasteiger partial charge on any atom is -0.330 e. The first kappa shape index (κ1) is 16.1. The summed E-state index contributed by atoms with van der Waals surface area (Å²) in [4.78, 5) is 0.354. The van der Waals surface area contributed by atoms with Crippen molar-refractivity contribution in [1.29, 1.82) is 0 Å². The lowest BCUT2D eigenvalue weighted by atomic mass is 10.1. The van der Waals surface area contributed by atoms with Gasteiger partial charge in [-0.05, 0) is 43.0 Å². The quantitative estimate of drug-likeness (QED) is 0.831. The van der Waals surface area contributed by atoms with Crippen LogP contribution < -0.4 is 5.73 Å². The van der Waals surface area contributed by atoms with Crippen LogP contribution in [-0.2, 0) is 16.4 Å². The number of sulfonamides is 1. The number of nitrogens with two attached hydrogens (primary N) is 1. The summed E-state index contributed by atoms with van der Waals surface area (Å²) in [6, 6.07) is 7.09. The molecule has 0 amide bonds. The summed E-state index contributed by atoms with van der Waals surface area (Å²) in [5, 5.41) is 0. The van der Waals surface area contributed by atoms with E-state index < -0.39 is 10.0 Å². The van der Waals surface area contributed by atoms with Crippen LogP contribution in [0.3, 0.4) is 0 Å². The summed E-state index contributed by atoms with van der Waals surface area (Å²) in [6.45, 7) is 5.18. The summed E-state index contributed by atoms with van der Waals surface area (Å²) in [5.74, 6) is 0.309. The first-order chi connectivity index (χ1) is 8.87. The smallest absolute Gasteiger partial charge is 0.242 e. The van der Waals surface area contributed by atoms with Crippen molar-refractivity contribution in [3.63, 3.8) is 0 Å². The molecule has 0 aliphatic rings. The Kier molecular flexibility index (Phi) is 5.97. The maximum Gasteiger partial charge on any atom is 0.242 e. The molecule has 0 heterocycles. The van der Waals surface area contributed by atoms with Gasteiger partial charge in [0.15, 0.2) is 0 Å². The molecule has 0 aromatic heterocycles. The molecule has 1 aromatic rings. The molecular formula is C14H24N2O2S. The highest BCUT2D eigenvalue weighted by Crippen LogP contribution is 2.16. The van der Waals surface area contributed by atoms with E-state index in [-0.39, 0.29) is 0 Å². The van der Waals surface area contributed by atoms with E-state index in [1.165, 1.54) is 4.31 Å². The van der Waals surface area contributed by atoms with E-state index in [9.17, 15) is 8.42 Å². The zero-order chi connectivity index (χ0) is 14.5. The van der Waals surface area contributed by atoms with Gasteiger partial charge in [0.2, 0.25) is 10.0 Å². The van der Waals surface area contributed by atoms with Gasteiger partial charge < -0.3 is 5.73 Å². The fourth-order valence-corrected chi connectivity index (χ4v) is 3.26. The number of nitrogens with zero attached hydrogens (tertiary/aromatic N) is 1. The van der Waals surface area contributed by atoms with E-state index in [1.807, 2.05) is 26.0 Å². The van der Waals surface area contributed by atoms with Crippen molar-refractivity contribution in [2.75, 3.05) is 20.1 Å². The molecule has 0 aliphatic heterocycles. The van der Waals surface area contributed by atoms with E-state index in [0.29, 0.717) is 23.9 Å². The average Bonchev–Trinajstić information content (AvgIpc) is 2.36. The molecule has 0 aliphatic carbocycles. The Balaban J connectivity index is 2.84. The van der Waals surface area contributed by atoms with Crippen LogP contribution in [0.1, 0.15) is 25.8 Å². The minimum absolute atomic E-state index is 0.309. The van der Waals surface area contributed by atoms with E-state index in [2.05, 4.69) is 0 Å². The van der Waals surface area contributed by atoms with Gasteiger partial charge in [0.1, 0.15) is 0 Å². The SMILES string of the molecule is CC(C)CN(C)S(=O)(=O)c1ccc(CCCN)cc1. The van der Waals surface area contributed by atoms with Crippen LogP contribution >= 0.6 is 0 Å². The molecule has 5 heteroatoms. The standard InChI is InChI=1S/C14H24N2O2S/c1-12(2)11-16(3)19(17,18)14-8-6-13(7-9-14)5-4-10-15/h6-9,12H,4-5,10-11,15H2,1-3H3. The van der Waals surface area contributed by atoms with Gasteiger partial charge in [-0.2, -0.15) is 0 Å². The Bertz CT molecular complexity index is 481. The molecule has 0 atom stereocenters. The Morgan fingerprint density at radius 2 is 1.79 bits per heavy atom. The van der Waals surface area contributed by atoms with Crippen LogP contribution in [0, 0.1) is 5.92 Å². The Morgan fingerprint density at radius 3 is 2.26 bits per heavy atom. The molecule has 0 unspecified atom stereocenters. The first-order valence-corrected chi connectivity index (χ1v) is 8.07. The van der Waals surface area contributed by atoms with Crippen molar-refractivity contribution in [2.45, 2.75) is 31.6 Å². The maximum atomic E-state index is 12.3. The zero-order valence-electron chi connectivity index (χ0n) is 12.0. The predicted molar refractivity (Wildman–Crippen MR) is 78.5 cm³/mol. The zero-order valence-corrected chi connectivity index (χ0v) is 12.8. The fourth-order valence-electron chi connectivity index (χ4n) is 1.93.